The maximum Gasteiger partial charge on any atom is 0.191 e. The van der Waals surface area contributed by atoms with Crippen molar-refractivity contribution in [1.82, 2.24) is 15.6 Å². The molecule has 2 N–H and O–H groups in total. The van der Waals surface area contributed by atoms with Crippen LogP contribution >= 0.6 is 23.1 Å². The van der Waals surface area contributed by atoms with Crippen molar-refractivity contribution in [2.45, 2.75) is 30.2 Å². The second kappa shape index (κ2) is 9.20. The zero-order valence-corrected chi connectivity index (χ0v) is 14.2. The molecule has 0 aliphatic rings. The SMILES string of the molecule is CN=C(NCCCSc1nccs1)NCC(C)(C)OC. The molecule has 7 heteroatoms. The highest BCUT2D eigenvalue weighted by atomic mass is 32.2. The largest absolute Gasteiger partial charge is 0.377 e. The lowest BCUT2D eigenvalue weighted by Gasteiger charge is -2.24. The zero-order chi connectivity index (χ0) is 14.8. The van der Waals surface area contributed by atoms with E-state index in [2.05, 4.69) is 20.6 Å². The smallest absolute Gasteiger partial charge is 0.191 e. The Kier molecular flexibility index (Phi) is 7.94. The molecule has 5 nitrogen and oxygen atoms in total. The molecular weight excluding hydrogens is 292 g/mol. The van der Waals surface area contributed by atoms with Gasteiger partial charge in [-0.3, -0.25) is 4.99 Å². The van der Waals surface area contributed by atoms with Crippen LogP contribution < -0.4 is 10.6 Å². The van der Waals surface area contributed by atoms with Crippen molar-refractivity contribution in [3.05, 3.63) is 11.6 Å². The van der Waals surface area contributed by atoms with E-state index in [9.17, 15) is 0 Å². The van der Waals surface area contributed by atoms with Crippen LogP contribution in [-0.2, 0) is 4.74 Å². The van der Waals surface area contributed by atoms with E-state index >= 15 is 0 Å². The summed E-state index contributed by atoms with van der Waals surface area (Å²) in [6.45, 7) is 5.69. The van der Waals surface area contributed by atoms with Crippen molar-refractivity contribution in [1.29, 1.82) is 0 Å². The Morgan fingerprint density at radius 1 is 1.50 bits per heavy atom. The van der Waals surface area contributed by atoms with Gasteiger partial charge in [0.05, 0.1) is 5.60 Å². The quantitative estimate of drug-likeness (QED) is 0.333. The molecule has 0 unspecified atom stereocenters. The molecule has 20 heavy (non-hydrogen) atoms. The molecule has 0 amide bonds. The zero-order valence-electron chi connectivity index (χ0n) is 12.6. The van der Waals surface area contributed by atoms with Crippen LogP contribution in [0.1, 0.15) is 20.3 Å². The highest BCUT2D eigenvalue weighted by Crippen LogP contribution is 2.20. The fourth-order valence-corrected chi connectivity index (χ4v) is 2.96. The summed E-state index contributed by atoms with van der Waals surface area (Å²) < 4.78 is 6.50. The minimum absolute atomic E-state index is 0.196. The normalized spacial score (nSPS) is 12.5. The number of thiazole rings is 1. The average Bonchev–Trinajstić information content (AvgIpc) is 2.95. The van der Waals surface area contributed by atoms with Crippen molar-refractivity contribution >= 4 is 29.1 Å². The highest BCUT2D eigenvalue weighted by Gasteiger charge is 2.16. The Morgan fingerprint density at radius 3 is 2.90 bits per heavy atom. The first-order chi connectivity index (χ1) is 9.57. The molecule has 1 aromatic rings. The molecule has 1 heterocycles. The summed E-state index contributed by atoms with van der Waals surface area (Å²) in [7, 11) is 3.49. The van der Waals surface area contributed by atoms with Crippen molar-refractivity contribution in [2.24, 2.45) is 4.99 Å². The summed E-state index contributed by atoms with van der Waals surface area (Å²) in [5, 5.41) is 8.56. The predicted octanol–water partition coefficient (Wildman–Crippen LogP) is 2.22. The number of methoxy groups -OCH3 is 1. The Hall–Kier alpha value is -0.790. The topological polar surface area (TPSA) is 58.5 Å². The van der Waals surface area contributed by atoms with Gasteiger partial charge in [0.15, 0.2) is 5.96 Å². The third-order valence-electron chi connectivity index (χ3n) is 2.71. The lowest BCUT2D eigenvalue weighted by Crippen LogP contribution is -2.45. The molecule has 0 aliphatic heterocycles. The molecule has 1 aromatic heterocycles. The summed E-state index contributed by atoms with van der Waals surface area (Å²) in [6, 6.07) is 0. The lowest BCUT2D eigenvalue weighted by molar-refractivity contribution is 0.0268. The Bertz CT molecular complexity index is 393. The number of ether oxygens (including phenoxy) is 1. The van der Waals surface area contributed by atoms with Gasteiger partial charge >= 0.3 is 0 Å². The molecule has 1 rings (SSSR count). The van der Waals surface area contributed by atoms with Gasteiger partial charge in [-0.15, -0.1) is 11.3 Å². The van der Waals surface area contributed by atoms with Crippen LogP contribution in [-0.4, -0.2) is 49.5 Å². The van der Waals surface area contributed by atoms with E-state index in [1.807, 2.05) is 25.4 Å². The third kappa shape index (κ3) is 7.12. The molecule has 0 bridgehead atoms. The van der Waals surface area contributed by atoms with E-state index in [4.69, 9.17) is 4.74 Å². The number of nitrogens with zero attached hydrogens (tertiary/aromatic N) is 2. The molecule has 0 saturated heterocycles. The van der Waals surface area contributed by atoms with Crippen molar-refractivity contribution in [3.63, 3.8) is 0 Å². The standard InChI is InChI=1S/C13H24N4OS2/c1-13(2,18-4)10-17-11(14-3)15-6-5-8-19-12-16-7-9-20-12/h7,9H,5-6,8,10H2,1-4H3,(H2,14,15,17). The van der Waals surface area contributed by atoms with Crippen molar-refractivity contribution < 1.29 is 4.74 Å². The predicted molar refractivity (Wildman–Crippen MR) is 87.9 cm³/mol. The van der Waals surface area contributed by atoms with Gasteiger partial charge in [0.1, 0.15) is 4.34 Å². The summed E-state index contributed by atoms with van der Waals surface area (Å²) in [5.74, 6) is 1.87. The van der Waals surface area contributed by atoms with Gasteiger partial charge in [0.2, 0.25) is 0 Å². The van der Waals surface area contributed by atoms with Gasteiger partial charge in [-0.1, -0.05) is 11.8 Å². The minimum Gasteiger partial charge on any atom is -0.377 e. The molecular formula is C13H24N4OS2. The molecule has 0 atom stereocenters. The Labute approximate surface area is 129 Å². The minimum atomic E-state index is -0.196. The number of thioether (sulfide) groups is 1. The first kappa shape index (κ1) is 17.3. The summed E-state index contributed by atoms with van der Waals surface area (Å²) >= 11 is 3.48. The van der Waals surface area contributed by atoms with Crippen LogP contribution in [0.25, 0.3) is 0 Å². The van der Waals surface area contributed by atoms with Crippen LogP contribution in [0.2, 0.25) is 0 Å². The second-order valence-corrected chi connectivity index (χ2v) is 7.05. The van der Waals surface area contributed by atoms with Gasteiger partial charge in [0, 0.05) is 44.6 Å². The molecule has 0 aliphatic carbocycles. The Balaban J connectivity index is 2.12. The summed E-state index contributed by atoms with van der Waals surface area (Å²) in [6.07, 6.45) is 2.91. The van der Waals surface area contributed by atoms with Crippen molar-refractivity contribution in [2.75, 3.05) is 33.0 Å². The van der Waals surface area contributed by atoms with E-state index in [-0.39, 0.29) is 5.60 Å². The van der Waals surface area contributed by atoms with Gasteiger partial charge in [-0.2, -0.15) is 0 Å². The molecule has 114 valence electrons. The number of aliphatic imine (C=N–C) groups is 1. The number of hydrogen-bond donors (Lipinski definition) is 2. The molecule has 0 fully saturated rings. The molecule has 0 radical (unpaired) electrons. The maximum absolute atomic E-state index is 5.36. The first-order valence-electron chi connectivity index (χ1n) is 6.59. The fourth-order valence-electron chi connectivity index (χ4n) is 1.31. The molecule has 0 spiro atoms. The van der Waals surface area contributed by atoms with Gasteiger partial charge in [0.25, 0.3) is 0 Å². The molecule has 0 aromatic carbocycles. The van der Waals surface area contributed by atoms with Gasteiger partial charge < -0.3 is 15.4 Å². The number of aromatic nitrogens is 1. The number of hydrogen-bond acceptors (Lipinski definition) is 5. The summed E-state index contributed by atoms with van der Waals surface area (Å²) in [4.78, 5) is 8.44. The van der Waals surface area contributed by atoms with E-state index in [1.54, 1.807) is 37.3 Å². The average molecular weight is 316 g/mol. The Morgan fingerprint density at radius 2 is 2.30 bits per heavy atom. The number of rotatable bonds is 8. The summed E-state index contributed by atoms with van der Waals surface area (Å²) in [5.41, 5.74) is -0.196. The molecule has 0 saturated carbocycles. The third-order valence-corrected chi connectivity index (χ3v) is 4.76. The van der Waals surface area contributed by atoms with E-state index < -0.39 is 0 Å². The highest BCUT2D eigenvalue weighted by molar-refractivity contribution is 8.00. The van der Waals surface area contributed by atoms with Crippen LogP contribution in [0, 0.1) is 0 Å². The number of nitrogens with one attached hydrogen (secondary N) is 2. The van der Waals surface area contributed by atoms with Crippen LogP contribution in [0.15, 0.2) is 20.9 Å². The van der Waals surface area contributed by atoms with Crippen LogP contribution in [0.5, 0.6) is 0 Å². The van der Waals surface area contributed by atoms with Gasteiger partial charge in [-0.05, 0) is 20.3 Å². The number of guanidine groups is 1. The van der Waals surface area contributed by atoms with Crippen LogP contribution in [0.3, 0.4) is 0 Å². The second-order valence-electron chi connectivity index (χ2n) is 4.82. The maximum atomic E-state index is 5.36. The lowest BCUT2D eigenvalue weighted by atomic mass is 10.1. The van der Waals surface area contributed by atoms with Crippen LogP contribution in [0.4, 0.5) is 0 Å². The van der Waals surface area contributed by atoms with Crippen molar-refractivity contribution in [3.8, 4) is 0 Å². The van der Waals surface area contributed by atoms with E-state index in [1.165, 1.54) is 0 Å². The fraction of sp³-hybridized carbons (Fsp3) is 0.692. The van der Waals surface area contributed by atoms with Gasteiger partial charge in [-0.25, -0.2) is 4.98 Å². The first-order valence-corrected chi connectivity index (χ1v) is 8.46. The van der Waals surface area contributed by atoms with E-state index in [0.717, 1.165) is 35.6 Å². The monoisotopic (exact) mass is 316 g/mol. The van der Waals surface area contributed by atoms with E-state index in [0.29, 0.717) is 0 Å².